The summed E-state index contributed by atoms with van der Waals surface area (Å²) < 4.78 is 2.17. The Balaban J connectivity index is 1.73. The molecule has 0 saturated carbocycles. The van der Waals surface area contributed by atoms with Crippen LogP contribution in [0.4, 0.5) is 5.69 Å². The molecule has 0 amide bonds. The zero-order valence-electron chi connectivity index (χ0n) is 15.0. The molecule has 0 aliphatic carbocycles. The number of halogens is 2. The highest BCUT2D eigenvalue weighted by atomic mass is 35.5. The second-order valence-corrected chi connectivity index (χ2v) is 7.42. The Kier molecular flexibility index (Phi) is 5.19. The van der Waals surface area contributed by atoms with Gasteiger partial charge in [0.05, 0.1) is 23.2 Å². The normalized spacial score (nSPS) is 15.1. The van der Waals surface area contributed by atoms with Crippen molar-refractivity contribution in [3.63, 3.8) is 0 Å². The molecule has 1 aromatic heterocycles. The quantitative estimate of drug-likeness (QED) is 0.591. The van der Waals surface area contributed by atoms with Crippen molar-refractivity contribution in [1.82, 2.24) is 9.55 Å². The van der Waals surface area contributed by atoms with Crippen LogP contribution in [0.15, 0.2) is 65.9 Å². The molecule has 1 unspecified atom stereocenters. The number of hydrogen-bond acceptors (Lipinski definition) is 3. The van der Waals surface area contributed by atoms with Crippen LogP contribution in [0.3, 0.4) is 0 Å². The third kappa shape index (κ3) is 3.73. The van der Waals surface area contributed by atoms with Crippen LogP contribution in [0.5, 0.6) is 0 Å². The number of rotatable bonds is 5. The first-order valence-corrected chi connectivity index (χ1v) is 9.68. The van der Waals surface area contributed by atoms with Gasteiger partial charge in [0.1, 0.15) is 11.7 Å². The van der Waals surface area contributed by atoms with Gasteiger partial charge in [0, 0.05) is 30.5 Å². The second kappa shape index (κ2) is 7.75. The average Bonchev–Trinajstić information content (AvgIpc) is 3.29. The monoisotopic (exact) mass is 398 g/mol. The van der Waals surface area contributed by atoms with Gasteiger partial charge in [0.2, 0.25) is 0 Å². The standard InChI is InChI=1S/C21H20Cl2N4/c1-15-24-9-11-26(15)14-18(16-5-3-2-4-6-16)21-25-10-12-27(21)20-8-7-17(22)13-19(20)23/h2-9,11,13,18H,10,12,14H2,1H3. The molecular formula is C21H20Cl2N4. The Labute approximate surface area is 169 Å². The van der Waals surface area contributed by atoms with Gasteiger partial charge in [-0.2, -0.15) is 0 Å². The predicted molar refractivity (Wildman–Crippen MR) is 112 cm³/mol. The zero-order chi connectivity index (χ0) is 18.8. The topological polar surface area (TPSA) is 33.4 Å². The fourth-order valence-electron chi connectivity index (χ4n) is 3.52. The maximum Gasteiger partial charge on any atom is 0.113 e. The van der Waals surface area contributed by atoms with E-state index in [1.807, 2.05) is 37.5 Å². The van der Waals surface area contributed by atoms with Crippen molar-refractivity contribution < 1.29 is 0 Å². The van der Waals surface area contributed by atoms with Crippen molar-refractivity contribution in [1.29, 1.82) is 0 Å². The number of benzene rings is 2. The molecule has 1 atom stereocenters. The van der Waals surface area contributed by atoms with E-state index in [9.17, 15) is 0 Å². The minimum absolute atomic E-state index is 0.105. The van der Waals surface area contributed by atoms with E-state index in [0.717, 1.165) is 37.0 Å². The molecule has 27 heavy (non-hydrogen) atoms. The number of aromatic nitrogens is 2. The summed E-state index contributed by atoms with van der Waals surface area (Å²) in [6.07, 6.45) is 3.85. The minimum Gasteiger partial charge on any atom is -0.334 e. The van der Waals surface area contributed by atoms with Gasteiger partial charge in [-0.3, -0.25) is 4.99 Å². The highest BCUT2D eigenvalue weighted by Crippen LogP contribution is 2.34. The molecule has 3 aromatic rings. The van der Waals surface area contributed by atoms with Crippen LogP contribution < -0.4 is 4.90 Å². The van der Waals surface area contributed by atoms with Crippen LogP contribution in [0.1, 0.15) is 17.3 Å². The fourth-order valence-corrected chi connectivity index (χ4v) is 4.03. The highest BCUT2D eigenvalue weighted by Gasteiger charge is 2.29. The lowest BCUT2D eigenvalue weighted by Crippen LogP contribution is -2.34. The first-order chi connectivity index (χ1) is 13.1. The van der Waals surface area contributed by atoms with Crippen LogP contribution in [0.2, 0.25) is 10.0 Å². The zero-order valence-corrected chi connectivity index (χ0v) is 16.5. The molecule has 0 fully saturated rings. The number of amidine groups is 1. The molecule has 1 aliphatic rings. The molecule has 0 bridgehead atoms. The van der Waals surface area contributed by atoms with E-state index < -0.39 is 0 Å². The molecule has 1 aliphatic heterocycles. The number of imidazole rings is 1. The van der Waals surface area contributed by atoms with E-state index in [-0.39, 0.29) is 5.92 Å². The molecule has 0 saturated heterocycles. The average molecular weight is 399 g/mol. The summed E-state index contributed by atoms with van der Waals surface area (Å²) in [5, 5.41) is 1.28. The van der Waals surface area contributed by atoms with Gasteiger partial charge >= 0.3 is 0 Å². The van der Waals surface area contributed by atoms with E-state index in [0.29, 0.717) is 10.0 Å². The highest BCUT2D eigenvalue weighted by molar-refractivity contribution is 6.37. The van der Waals surface area contributed by atoms with Gasteiger partial charge in [-0.05, 0) is 30.7 Å². The van der Waals surface area contributed by atoms with Crippen LogP contribution >= 0.6 is 23.2 Å². The molecule has 0 spiro atoms. The number of aliphatic imine (C=N–C) groups is 1. The second-order valence-electron chi connectivity index (χ2n) is 6.58. The fraction of sp³-hybridized carbons (Fsp3) is 0.238. The van der Waals surface area contributed by atoms with E-state index >= 15 is 0 Å². The molecule has 0 N–H and O–H groups in total. The largest absolute Gasteiger partial charge is 0.334 e. The van der Waals surface area contributed by atoms with Crippen LogP contribution in [-0.2, 0) is 6.54 Å². The predicted octanol–water partition coefficient (Wildman–Crippen LogP) is 5.20. The van der Waals surface area contributed by atoms with Crippen molar-refractivity contribution in [3.05, 3.63) is 82.4 Å². The molecule has 0 radical (unpaired) electrons. The lowest BCUT2D eigenvalue weighted by atomic mass is 9.96. The summed E-state index contributed by atoms with van der Waals surface area (Å²) in [7, 11) is 0. The molecule has 2 heterocycles. The summed E-state index contributed by atoms with van der Waals surface area (Å²) in [5.74, 6) is 2.12. The Morgan fingerprint density at radius 1 is 1.11 bits per heavy atom. The number of anilines is 1. The molecule has 6 heteroatoms. The maximum absolute atomic E-state index is 6.50. The summed E-state index contributed by atoms with van der Waals surface area (Å²) in [5.41, 5.74) is 2.17. The summed E-state index contributed by atoms with van der Waals surface area (Å²) >= 11 is 12.6. The molecule has 4 rings (SSSR count). The third-order valence-corrected chi connectivity index (χ3v) is 5.43. The third-order valence-electron chi connectivity index (χ3n) is 4.89. The van der Waals surface area contributed by atoms with Gasteiger partial charge < -0.3 is 9.47 Å². The lowest BCUT2D eigenvalue weighted by Gasteiger charge is -2.28. The van der Waals surface area contributed by atoms with Crippen LogP contribution in [-0.4, -0.2) is 28.5 Å². The number of hydrogen-bond donors (Lipinski definition) is 0. The van der Waals surface area contributed by atoms with Crippen molar-refractivity contribution in [2.24, 2.45) is 4.99 Å². The van der Waals surface area contributed by atoms with E-state index in [2.05, 4.69) is 38.7 Å². The van der Waals surface area contributed by atoms with Crippen molar-refractivity contribution in [2.45, 2.75) is 19.4 Å². The van der Waals surface area contributed by atoms with Gasteiger partial charge in [-0.25, -0.2) is 4.98 Å². The minimum atomic E-state index is 0.105. The number of nitrogens with zero attached hydrogens (tertiary/aromatic N) is 4. The van der Waals surface area contributed by atoms with E-state index in [4.69, 9.17) is 28.2 Å². The smallest absolute Gasteiger partial charge is 0.113 e. The molecular weight excluding hydrogens is 379 g/mol. The van der Waals surface area contributed by atoms with Crippen LogP contribution in [0, 0.1) is 6.92 Å². The van der Waals surface area contributed by atoms with Crippen molar-refractivity contribution >= 4 is 34.7 Å². The first-order valence-electron chi connectivity index (χ1n) is 8.93. The summed E-state index contributed by atoms with van der Waals surface area (Å²) in [6.45, 7) is 4.35. The Bertz CT molecular complexity index is 965. The van der Waals surface area contributed by atoms with Gasteiger partial charge in [0.15, 0.2) is 0 Å². The van der Waals surface area contributed by atoms with E-state index in [1.54, 1.807) is 6.07 Å². The van der Waals surface area contributed by atoms with Gasteiger partial charge in [-0.15, -0.1) is 0 Å². The number of aryl methyl sites for hydroxylation is 1. The first kappa shape index (κ1) is 18.1. The SMILES string of the molecule is Cc1nccn1CC(C1=NCCN1c1ccc(Cl)cc1Cl)c1ccccc1. The maximum atomic E-state index is 6.50. The molecule has 2 aromatic carbocycles. The lowest BCUT2D eigenvalue weighted by molar-refractivity contribution is 0.636. The van der Waals surface area contributed by atoms with E-state index in [1.165, 1.54) is 5.56 Å². The van der Waals surface area contributed by atoms with Crippen molar-refractivity contribution in [2.75, 3.05) is 18.0 Å². The molecule has 4 nitrogen and oxygen atoms in total. The Hall–Kier alpha value is -2.30. The Morgan fingerprint density at radius 2 is 1.93 bits per heavy atom. The molecule has 138 valence electrons. The van der Waals surface area contributed by atoms with Gasteiger partial charge in [-0.1, -0.05) is 53.5 Å². The Morgan fingerprint density at radius 3 is 2.63 bits per heavy atom. The van der Waals surface area contributed by atoms with Crippen molar-refractivity contribution in [3.8, 4) is 0 Å². The van der Waals surface area contributed by atoms with Gasteiger partial charge in [0.25, 0.3) is 0 Å². The summed E-state index contributed by atoms with van der Waals surface area (Å²) in [4.78, 5) is 11.4. The van der Waals surface area contributed by atoms with Crippen LogP contribution in [0.25, 0.3) is 0 Å². The summed E-state index contributed by atoms with van der Waals surface area (Å²) in [6, 6.07) is 16.1.